The molecule has 1 unspecified atom stereocenters. The number of aromatic nitrogens is 2. The third kappa shape index (κ3) is 1.93. The fourth-order valence-electron chi connectivity index (χ4n) is 1.60. The number of hydrogen-bond donors (Lipinski definition) is 1. The minimum atomic E-state index is -0.190. The number of H-pyrrole nitrogens is 1. The molecule has 1 atom stereocenters. The quantitative estimate of drug-likeness (QED) is 0.719. The molecule has 0 aromatic carbocycles. The molecular weight excluding hydrogens is 200 g/mol. The Hall–Kier alpha value is -0.940. The van der Waals surface area contributed by atoms with Gasteiger partial charge in [-0.2, -0.15) is 0 Å². The average molecular weight is 212 g/mol. The van der Waals surface area contributed by atoms with E-state index in [1.54, 1.807) is 16.8 Å². The first-order valence-electron chi connectivity index (χ1n) is 4.70. The van der Waals surface area contributed by atoms with E-state index in [2.05, 4.69) is 4.98 Å². The molecular formula is C9H12N2O2S. The van der Waals surface area contributed by atoms with Gasteiger partial charge in [-0.1, -0.05) is 12.2 Å². The Morgan fingerprint density at radius 3 is 3.07 bits per heavy atom. The van der Waals surface area contributed by atoms with E-state index in [1.807, 2.05) is 0 Å². The third-order valence-corrected chi connectivity index (χ3v) is 2.56. The molecule has 0 saturated carbocycles. The maximum absolute atomic E-state index is 11.5. The SMILES string of the molecule is O=c1[nH]c(=S)ccn1C1CCCCO1. The lowest BCUT2D eigenvalue weighted by Crippen LogP contribution is -2.29. The van der Waals surface area contributed by atoms with Gasteiger partial charge in [0, 0.05) is 12.8 Å². The highest BCUT2D eigenvalue weighted by atomic mass is 32.1. The van der Waals surface area contributed by atoms with Gasteiger partial charge >= 0.3 is 5.69 Å². The van der Waals surface area contributed by atoms with Gasteiger partial charge in [-0.3, -0.25) is 9.55 Å². The second kappa shape index (κ2) is 4.06. The van der Waals surface area contributed by atoms with Crippen LogP contribution in [0.1, 0.15) is 25.5 Å². The van der Waals surface area contributed by atoms with E-state index >= 15 is 0 Å². The minimum Gasteiger partial charge on any atom is -0.358 e. The summed E-state index contributed by atoms with van der Waals surface area (Å²) in [7, 11) is 0. The lowest BCUT2D eigenvalue weighted by molar-refractivity contribution is -0.0348. The highest BCUT2D eigenvalue weighted by molar-refractivity contribution is 7.71. The largest absolute Gasteiger partial charge is 0.358 e. The zero-order chi connectivity index (χ0) is 9.97. The maximum Gasteiger partial charge on any atom is 0.328 e. The summed E-state index contributed by atoms with van der Waals surface area (Å²) >= 11 is 4.85. The van der Waals surface area contributed by atoms with E-state index in [4.69, 9.17) is 17.0 Å². The molecule has 4 nitrogen and oxygen atoms in total. The van der Waals surface area contributed by atoms with Crippen LogP contribution in [0.15, 0.2) is 17.1 Å². The van der Waals surface area contributed by atoms with Crippen molar-refractivity contribution in [3.05, 3.63) is 27.4 Å². The molecule has 1 aliphatic rings. The molecule has 14 heavy (non-hydrogen) atoms. The van der Waals surface area contributed by atoms with Crippen LogP contribution >= 0.6 is 12.2 Å². The summed E-state index contributed by atoms with van der Waals surface area (Å²) in [5.41, 5.74) is -0.190. The molecule has 1 saturated heterocycles. The van der Waals surface area contributed by atoms with E-state index in [-0.39, 0.29) is 11.9 Å². The topological polar surface area (TPSA) is 47.0 Å². The second-order valence-corrected chi connectivity index (χ2v) is 3.78. The standard InChI is InChI=1S/C9H12N2O2S/c12-9-10-7(14)4-5-11(9)8-3-1-2-6-13-8/h4-5,8H,1-3,6H2,(H,10,12,14). The van der Waals surface area contributed by atoms with Gasteiger partial charge in [-0.15, -0.1) is 0 Å². The number of rotatable bonds is 1. The van der Waals surface area contributed by atoms with Crippen molar-refractivity contribution in [1.82, 2.24) is 9.55 Å². The predicted octanol–water partition coefficient (Wildman–Crippen LogP) is 1.60. The monoisotopic (exact) mass is 212 g/mol. The fraction of sp³-hybridized carbons (Fsp3) is 0.556. The predicted molar refractivity (Wildman–Crippen MR) is 54.7 cm³/mol. The van der Waals surface area contributed by atoms with Gasteiger partial charge in [0.2, 0.25) is 0 Å². The lowest BCUT2D eigenvalue weighted by Gasteiger charge is -2.23. The number of hydrogen-bond acceptors (Lipinski definition) is 3. The smallest absolute Gasteiger partial charge is 0.328 e. The van der Waals surface area contributed by atoms with Gasteiger partial charge in [0.1, 0.15) is 10.9 Å². The Bertz CT molecular complexity index is 417. The van der Waals surface area contributed by atoms with Crippen LogP contribution in [-0.4, -0.2) is 16.2 Å². The first-order chi connectivity index (χ1) is 6.77. The van der Waals surface area contributed by atoms with E-state index < -0.39 is 0 Å². The summed E-state index contributed by atoms with van der Waals surface area (Å²) in [6.45, 7) is 0.729. The van der Waals surface area contributed by atoms with Gasteiger partial charge in [0.15, 0.2) is 0 Å². The van der Waals surface area contributed by atoms with Crippen LogP contribution in [0.3, 0.4) is 0 Å². The number of ether oxygens (including phenoxy) is 1. The zero-order valence-electron chi connectivity index (χ0n) is 7.73. The van der Waals surface area contributed by atoms with Gasteiger partial charge in [-0.25, -0.2) is 4.79 Å². The first kappa shape index (κ1) is 9.61. The highest BCUT2D eigenvalue weighted by Crippen LogP contribution is 2.20. The van der Waals surface area contributed by atoms with Crippen LogP contribution in [-0.2, 0) is 4.74 Å². The summed E-state index contributed by atoms with van der Waals surface area (Å²) in [6, 6.07) is 1.70. The molecule has 0 spiro atoms. The summed E-state index contributed by atoms with van der Waals surface area (Å²) in [6.07, 6.45) is 4.64. The van der Waals surface area contributed by atoms with Gasteiger partial charge < -0.3 is 4.74 Å². The fourth-order valence-corrected chi connectivity index (χ4v) is 1.75. The van der Waals surface area contributed by atoms with Crippen molar-refractivity contribution in [2.45, 2.75) is 25.5 Å². The van der Waals surface area contributed by atoms with Crippen molar-refractivity contribution < 1.29 is 4.74 Å². The summed E-state index contributed by atoms with van der Waals surface area (Å²) in [4.78, 5) is 14.1. The van der Waals surface area contributed by atoms with Gasteiger partial charge in [0.25, 0.3) is 0 Å². The van der Waals surface area contributed by atoms with Crippen molar-refractivity contribution in [2.75, 3.05) is 6.61 Å². The summed E-state index contributed by atoms with van der Waals surface area (Å²) in [5.74, 6) is 0. The van der Waals surface area contributed by atoms with Crippen molar-refractivity contribution in [3.63, 3.8) is 0 Å². The van der Waals surface area contributed by atoms with Crippen molar-refractivity contribution >= 4 is 12.2 Å². The third-order valence-electron chi connectivity index (χ3n) is 2.32. The van der Waals surface area contributed by atoms with E-state index in [0.717, 1.165) is 25.9 Å². The van der Waals surface area contributed by atoms with E-state index in [1.165, 1.54) is 0 Å². The van der Waals surface area contributed by atoms with E-state index in [9.17, 15) is 4.79 Å². The van der Waals surface area contributed by atoms with E-state index in [0.29, 0.717) is 4.64 Å². The number of aromatic amines is 1. The Morgan fingerprint density at radius 1 is 1.57 bits per heavy atom. The molecule has 5 heteroatoms. The van der Waals surface area contributed by atoms with Crippen LogP contribution in [0.2, 0.25) is 0 Å². The number of nitrogens with zero attached hydrogens (tertiary/aromatic N) is 1. The molecule has 1 aromatic heterocycles. The molecule has 1 fully saturated rings. The van der Waals surface area contributed by atoms with Crippen LogP contribution in [0.25, 0.3) is 0 Å². The van der Waals surface area contributed by atoms with Crippen LogP contribution < -0.4 is 5.69 Å². The minimum absolute atomic E-state index is 0.122. The molecule has 1 aliphatic heterocycles. The Kier molecular flexibility index (Phi) is 2.79. The average Bonchev–Trinajstić information content (AvgIpc) is 2.19. The molecule has 1 N–H and O–H groups in total. The lowest BCUT2D eigenvalue weighted by atomic mass is 10.2. The highest BCUT2D eigenvalue weighted by Gasteiger charge is 2.15. The number of nitrogens with one attached hydrogen (secondary N) is 1. The van der Waals surface area contributed by atoms with Gasteiger partial charge in [0.05, 0.1) is 0 Å². The molecule has 0 radical (unpaired) electrons. The zero-order valence-corrected chi connectivity index (χ0v) is 8.55. The van der Waals surface area contributed by atoms with Crippen molar-refractivity contribution in [3.8, 4) is 0 Å². The first-order valence-corrected chi connectivity index (χ1v) is 5.11. The Morgan fingerprint density at radius 2 is 2.43 bits per heavy atom. The summed E-state index contributed by atoms with van der Waals surface area (Å²) in [5, 5.41) is 0. The van der Waals surface area contributed by atoms with Crippen LogP contribution in [0.4, 0.5) is 0 Å². The summed E-state index contributed by atoms with van der Waals surface area (Å²) < 4.78 is 7.52. The van der Waals surface area contributed by atoms with Crippen LogP contribution in [0.5, 0.6) is 0 Å². The molecule has 2 heterocycles. The van der Waals surface area contributed by atoms with Crippen molar-refractivity contribution in [1.29, 1.82) is 0 Å². The molecule has 0 bridgehead atoms. The maximum atomic E-state index is 11.5. The normalized spacial score (nSPS) is 22.1. The Balaban J connectivity index is 2.31. The second-order valence-electron chi connectivity index (χ2n) is 3.34. The molecule has 76 valence electrons. The Labute approximate surface area is 86.5 Å². The molecule has 0 amide bonds. The van der Waals surface area contributed by atoms with Crippen LogP contribution in [0, 0.1) is 4.64 Å². The van der Waals surface area contributed by atoms with Crippen molar-refractivity contribution in [2.24, 2.45) is 0 Å². The molecule has 2 rings (SSSR count). The van der Waals surface area contributed by atoms with Gasteiger partial charge in [-0.05, 0) is 25.3 Å². The molecule has 1 aromatic rings. The molecule has 0 aliphatic carbocycles.